The highest BCUT2D eigenvalue weighted by Crippen LogP contribution is 2.37. The quantitative estimate of drug-likeness (QED) is 0.387. The first-order chi connectivity index (χ1) is 13.2. The molecule has 2 aromatic carbocycles. The van der Waals surface area contributed by atoms with Crippen LogP contribution in [-0.4, -0.2) is 22.0 Å². The molecule has 7 nitrogen and oxygen atoms in total. The van der Waals surface area contributed by atoms with Crippen molar-refractivity contribution in [3.63, 3.8) is 0 Å². The summed E-state index contributed by atoms with van der Waals surface area (Å²) >= 11 is 1.56. The topological polar surface area (TPSA) is 90.2 Å². The van der Waals surface area contributed by atoms with Crippen molar-refractivity contribution in [1.82, 2.24) is 9.97 Å². The third-order valence-corrected chi connectivity index (χ3v) is 5.13. The Balaban J connectivity index is 1.78. The second-order valence-electron chi connectivity index (χ2n) is 5.68. The minimum absolute atomic E-state index is 0.0288. The Bertz CT molecular complexity index is 1130. The van der Waals surface area contributed by atoms with Crippen molar-refractivity contribution >= 4 is 38.7 Å². The Labute approximate surface area is 158 Å². The van der Waals surface area contributed by atoms with E-state index in [1.165, 1.54) is 25.6 Å². The molecule has 134 valence electrons. The van der Waals surface area contributed by atoms with E-state index in [9.17, 15) is 10.1 Å². The summed E-state index contributed by atoms with van der Waals surface area (Å²) in [5, 5.41) is 15.1. The van der Waals surface area contributed by atoms with Crippen molar-refractivity contribution in [3.05, 3.63) is 71.0 Å². The van der Waals surface area contributed by atoms with Gasteiger partial charge in [-0.25, -0.2) is 9.97 Å². The van der Waals surface area contributed by atoms with Crippen LogP contribution in [0.3, 0.4) is 0 Å². The van der Waals surface area contributed by atoms with Gasteiger partial charge >= 0.3 is 0 Å². The summed E-state index contributed by atoms with van der Waals surface area (Å²) < 4.78 is 5.31. The number of non-ortho nitro benzene ring substituents is 1. The molecular formula is C19H14N4O3S. The van der Waals surface area contributed by atoms with Crippen molar-refractivity contribution in [2.45, 2.75) is 0 Å². The molecule has 0 atom stereocenters. The van der Waals surface area contributed by atoms with Gasteiger partial charge in [0.2, 0.25) is 0 Å². The average molecular weight is 378 g/mol. The molecular weight excluding hydrogens is 364 g/mol. The number of anilines is 2. The number of nitro benzene ring substituents is 1. The molecule has 0 fully saturated rings. The van der Waals surface area contributed by atoms with Crippen molar-refractivity contribution in [3.8, 4) is 16.2 Å². The molecule has 4 rings (SSSR count). The van der Waals surface area contributed by atoms with E-state index < -0.39 is 4.92 Å². The molecule has 0 aliphatic carbocycles. The van der Waals surface area contributed by atoms with Crippen LogP contribution in [0.15, 0.2) is 60.9 Å². The van der Waals surface area contributed by atoms with Crippen LogP contribution in [0.4, 0.5) is 17.2 Å². The number of ether oxygens (including phenoxy) is 1. The summed E-state index contributed by atoms with van der Waals surface area (Å²) in [4.78, 5) is 21.2. The fraction of sp³-hybridized carbons (Fsp3) is 0.0526. The van der Waals surface area contributed by atoms with E-state index in [4.69, 9.17) is 4.74 Å². The molecule has 1 N–H and O–H groups in total. The fourth-order valence-corrected chi connectivity index (χ4v) is 3.74. The fourth-order valence-electron chi connectivity index (χ4n) is 2.73. The van der Waals surface area contributed by atoms with Crippen LogP contribution in [0.25, 0.3) is 20.7 Å². The molecule has 0 saturated carbocycles. The van der Waals surface area contributed by atoms with Gasteiger partial charge in [-0.2, -0.15) is 0 Å². The number of benzene rings is 2. The lowest BCUT2D eigenvalue weighted by Gasteiger charge is -2.10. The van der Waals surface area contributed by atoms with Gasteiger partial charge in [0.1, 0.15) is 22.7 Å². The maximum atomic E-state index is 11.1. The van der Waals surface area contributed by atoms with Crippen molar-refractivity contribution in [2.75, 3.05) is 12.4 Å². The highest BCUT2D eigenvalue weighted by molar-refractivity contribution is 7.21. The zero-order valence-corrected chi connectivity index (χ0v) is 15.1. The van der Waals surface area contributed by atoms with Crippen molar-refractivity contribution in [1.29, 1.82) is 0 Å². The highest BCUT2D eigenvalue weighted by Gasteiger charge is 2.15. The molecule has 0 aliphatic rings. The van der Waals surface area contributed by atoms with E-state index in [0.29, 0.717) is 17.3 Å². The second kappa shape index (κ2) is 7.00. The second-order valence-corrected chi connectivity index (χ2v) is 6.72. The molecule has 0 bridgehead atoms. The summed E-state index contributed by atoms with van der Waals surface area (Å²) in [5.41, 5.74) is 1.54. The van der Waals surface area contributed by atoms with Gasteiger partial charge in [0.15, 0.2) is 0 Å². The Morgan fingerprint density at radius 2 is 1.93 bits per heavy atom. The minimum Gasteiger partial charge on any atom is -0.495 e. The zero-order valence-electron chi connectivity index (χ0n) is 14.2. The Morgan fingerprint density at radius 3 is 2.67 bits per heavy atom. The molecule has 0 amide bonds. The number of fused-ring (bicyclic) bond motifs is 1. The van der Waals surface area contributed by atoms with Gasteiger partial charge in [-0.05, 0) is 17.7 Å². The summed E-state index contributed by atoms with van der Waals surface area (Å²) in [6.45, 7) is 0. The number of thiophene rings is 1. The zero-order chi connectivity index (χ0) is 18.8. The first kappa shape index (κ1) is 16.9. The van der Waals surface area contributed by atoms with Gasteiger partial charge < -0.3 is 10.1 Å². The predicted octanol–water partition coefficient (Wildman–Crippen LogP) is 5.02. The van der Waals surface area contributed by atoms with E-state index in [1.54, 1.807) is 17.4 Å². The van der Waals surface area contributed by atoms with Crippen LogP contribution in [0, 0.1) is 10.1 Å². The third kappa shape index (κ3) is 3.30. The van der Waals surface area contributed by atoms with Gasteiger partial charge in [-0.1, -0.05) is 30.3 Å². The molecule has 4 aromatic rings. The average Bonchev–Trinajstić information content (AvgIpc) is 3.14. The number of hydrogen-bond acceptors (Lipinski definition) is 7. The first-order valence-electron chi connectivity index (χ1n) is 8.05. The number of nitro groups is 1. The molecule has 2 heterocycles. The summed E-state index contributed by atoms with van der Waals surface area (Å²) in [6.07, 6.45) is 1.47. The van der Waals surface area contributed by atoms with Crippen LogP contribution >= 0.6 is 11.3 Å². The SMILES string of the molecule is COc1ccc([N+](=O)[O-])cc1Nc1ncnc2sc(-c3ccccc3)cc12. The Morgan fingerprint density at radius 1 is 1.11 bits per heavy atom. The van der Waals surface area contributed by atoms with Crippen LogP contribution in [0.2, 0.25) is 0 Å². The van der Waals surface area contributed by atoms with Gasteiger partial charge in [0.25, 0.3) is 5.69 Å². The predicted molar refractivity (Wildman–Crippen MR) is 106 cm³/mol. The molecule has 27 heavy (non-hydrogen) atoms. The van der Waals surface area contributed by atoms with Crippen LogP contribution < -0.4 is 10.1 Å². The molecule has 0 unspecified atom stereocenters. The number of hydrogen-bond donors (Lipinski definition) is 1. The number of aromatic nitrogens is 2. The van der Waals surface area contributed by atoms with Crippen LogP contribution in [-0.2, 0) is 0 Å². The lowest BCUT2D eigenvalue weighted by molar-refractivity contribution is -0.384. The number of rotatable bonds is 5. The van der Waals surface area contributed by atoms with Crippen molar-refractivity contribution < 1.29 is 9.66 Å². The largest absolute Gasteiger partial charge is 0.495 e. The Kier molecular flexibility index (Phi) is 4.39. The van der Waals surface area contributed by atoms with E-state index in [2.05, 4.69) is 15.3 Å². The first-order valence-corrected chi connectivity index (χ1v) is 8.87. The Hall–Kier alpha value is -3.52. The summed E-state index contributed by atoms with van der Waals surface area (Å²) in [6, 6.07) is 16.4. The van der Waals surface area contributed by atoms with Crippen LogP contribution in [0.1, 0.15) is 0 Å². The number of nitrogens with zero attached hydrogens (tertiary/aromatic N) is 3. The number of nitrogens with one attached hydrogen (secondary N) is 1. The monoisotopic (exact) mass is 378 g/mol. The van der Waals surface area contributed by atoms with Gasteiger partial charge in [-0.15, -0.1) is 11.3 Å². The standard InChI is InChI=1S/C19H14N4O3S/c1-26-16-8-7-13(23(24)25)9-15(16)22-18-14-10-17(12-5-3-2-4-6-12)27-19(14)21-11-20-18/h2-11H,1H3,(H,20,21,22). The molecule has 0 aliphatic heterocycles. The maximum Gasteiger partial charge on any atom is 0.271 e. The van der Waals surface area contributed by atoms with Crippen LogP contribution in [0.5, 0.6) is 5.75 Å². The highest BCUT2D eigenvalue weighted by atomic mass is 32.1. The van der Waals surface area contributed by atoms with E-state index >= 15 is 0 Å². The normalized spacial score (nSPS) is 10.7. The van der Waals surface area contributed by atoms with E-state index in [-0.39, 0.29) is 5.69 Å². The molecule has 0 radical (unpaired) electrons. The maximum absolute atomic E-state index is 11.1. The lowest BCUT2D eigenvalue weighted by Crippen LogP contribution is -1.99. The molecule has 8 heteroatoms. The lowest BCUT2D eigenvalue weighted by atomic mass is 10.2. The van der Waals surface area contributed by atoms with Crippen molar-refractivity contribution in [2.24, 2.45) is 0 Å². The smallest absolute Gasteiger partial charge is 0.271 e. The van der Waals surface area contributed by atoms with Gasteiger partial charge in [0, 0.05) is 17.0 Å². The summed E-state index contributed by atoms with van der Waals surface area (Å²) in [5.74, 6) is 1.06. The molecule has 0 spiro atoms. The van der Waals surface area contributed by atoms with Gasteiger partial charge in [0.05, 0.1) is 23.1 Å². The summed E-state index contributed by atoms with van der Waals surface area (Å²) in [7, 11) is 1.51. The van der Waals surface area contributed by atoms with Gasteiger partial charge in [-0.3, -0.25) is 10.1 Å². The van der Waals surface area contributed by atoms with E-state index in [0.717, 1.165) is 20.7 Å². The molecule has 0 saturated heterocycles. The molecule has 2 aromatic heterocycles. The van der Waals surface area contributed by atoms with E-state index in [1.807, 2.05) is 36.4 Å². The number of methoxy groups -OCH3 is 1. The minimum atomic E-state index is -0.446. The third-order valence-electron chi connectivity index (χ3n) is 4.03.